The highest BCUT2D eigenvalue weighted by molar-refractivity contribution is 5.99. The summed E-state index contributed by atoms with van der Waals surface area (Å²) in [5, 5.41) is 2.73. The summed E-state index contributed by atoms with van der Waals surface area (Å²) in [6.07, 6.45) is 2.34. The van der Waals surface area contributed by atoms with E-state index < -0.39 is 11.6 Å². The number of imidazole rings is 1. The first-order valence-corrected chi connectivity index (χ1v) is 9.58. The Morgan fingerprint density at radius 3 is 2.67 bits per heavy atom. The van der Waals surface area contributed by atoms with E-state index in [2.05, 4.69) is 15.3 Å². The van der Waals surface area contributed by atoms with E-state index in [0.29, 0.717) is 30.0 Å². The summed E-state index contributed by atoms with van der Waals surface area (Å²) in [6.45, 7) is 3.59. The Labute approximate surface area is 171 Å². The van der Waals surface area contributed by atoms with Crippen molar-refractivity contribution in [2.24, 2.45) is 5.92 Å². The van der Waals surface area contributed by atoms with Gasteiger partial charge in [-0.2, -0.15) is 0 Å². The van der Waals surface area contributed by atoms with Crippen LogP contribution in [0.25, 0.3) is 5.65 Å². The molecule has 1 aliphatic heterocycles. The molecule has 1 N–H and O–H groups in total. The standard InChI is InChI=1S/C21H20F2N4O3/c1-11-9-27-18(17(28)8-13-6-7-24-20(13)29)12(2)26-19(27)21(25-11)30-10-14-15(22)4-3-5-16(14)23/h3-5,9,13H,6-8,10H2,1-2H3,(H,24,29)/t13-/m1/s1. The number of halogens is 2. The summed E-state index contributed by atoms with van der Waals surface area (Å²) in [7, 11) is 0. The number of nitrogens with one attached hydrogen (secondary N) is 1. The van der Waals surface area contributed by atoms with Gasteiger partial charge in [0, 0.05) is 25.1 Å². The Morgan fingerprint density at radius 1 is 1.27 bits per heavy atom. The van der Waals surface area contributed by atoms with E-state index in [1.165, 1.54) is 6.07 Å². The molecule has 30 heavy (non-hydrogen) atoms. The molecule has 0 aliphatic carbocycles. The van der Waals surface area contributed by atoms with E-state index in [1.807, 2.05) is 0 Å². The molecule has 3 aromatic rings. The van der Waals surface area contributed by atoms with Crippen molar-refractivity contribution in [3.05, 3.63) is 58.7 Å². The molecule has 0 unspecified atom stereocenters. The molecule has 156 valence electrons. The van der Waals surface area contributed by atoms with E-state index in [-0.39, 0.29) is 47.7 Å². The molecule has 1 atom stereocenters. The number of carbonyl (C=O) groups is 2. The number of aryl methyl sites for hydroxylation is 2. The molecule has 7 nitrogen and oxygen atoms in total. The van der Waals surface area contributed by atoms with Gasteiger partial charge in [0.1, 0.15) is 23.9 Å². The number of Topliss-reactive ketones (excluding diaryl/α,β-unsaturated/α-hetero) is 1. The van der Waals surface area contributed by atoms with Gasteiger partial charge in [-0.1, -0.05) is 6.07 Å². The number of fused-ring (bicyclic) bond motifs is 1. The second kappa shape index (κ2) is 7.81. The Hall–Kier alpha value is -3.36. The van der Waals surface area contributed by atoms with E-state index in [9.17, 15) is 18.4 Å². The second-order valence-electron chi connectivity index (χ2n) is 7.32. The number of nitrogens with zero attached hydrogens (tertiary/aromatic N) is 3. The van der Waals surface area contributed by atoms with E-state index >= 15 is 0 Å². The molecule has 1 aliphatic rings. The number of ether oxygens (including phenoxy) is 1. The normalized spacial score (nSPS) is 16.1. The van der Waals surface area contributed by atoms with Gasteiger partial charge in [-0.25, -0.2) is 18.7 Å². The lowest BCUT2D eigenvalue weighted by molar-refractivity contribution is -0.122. The van der Waals surface area contributed by atoms with Crippen LogP contribution in [0.2, 0.25) is 0 Å². The van der Waals surface area contributed by atoms with Crippen LogP contribution in [0.3, 0.4) is 0 Å². The largest absolute Gasteiger partial charge is 0.470 e. The van der Waals surface area contributed by atoms with Crippen LogP contribution < -0.4 is 10.1 Å². The third-order valence-electron chi connectivity index (χ3n) is 5.14. The van der Waals surface area contributed by atoms with Crippen molar-refractivity contribution in [1.82, 2.24) is 19.7 Å². The first-order valence-electron chi connectivity index (χ1n) is 9.58. The molecular formula is C21H20F2N4O3. The van der Waals surface area contributed by atoms with Crippen LogP contribution >= 0.6 is 0 Å². The monoisotopic (exact) mass is 414 g/mol. The molecule has 1 fully saturated rings. The zero-order chi connectivity index (χ0) is 21.4. The maximum absolute atomic E-state index is 13.9. The summed E-state index contributed by atoms with van der Waals surface area (Å²) in [4.78, 5) is 33.4. The predicted molar refractivity (Wildman–Crippen MR) is 103 cm³/mol. The highest BCUT2D eigenvalue weighted by atomic mass is 19.1. The van der Waals surface area contributed by atoms with Gasteiger partial charge in [0.15, 0.2) is 5.78 Å². The minimum atomic E-state index is -0.719. The number of hydrogen-bond acceptors (Lipinski definition) is 5. The molecule has 4 rings (SSSR count). The van der Waals surface area contributed by atoms with Crippen molar-refractivity contribution in [3.8, 4) is 5.88 Å². The smallest absolute Gasteiger partial charge is 0.258 e. The third-order valence-corrected chi connectivity index (χ3v) is 5.14. The maximum atomic E-state index is 13.9. The Morgan fingerprint density at radius 2 is 2.00 bits per heavy atom. The molecule has 0 spiro atoms. The molecule has 0 bridgehead atoms. The maximum Gasteiger partial charge on any atom is 0.258 e. The number of carbonyl (C=O) groups excluding carboxylic acids is 2. The SMILES string of the molecule is Cc1cn2c(C(=O)C[C@H]3CCNC3=O)c(C)nc2c(OCc2c(F)cccc2F)n1. The minimum absolute atomic E-state index is 0.0680. The molecule has 1 amide bonds. The van der Waals surface area contributed by atoms with Gasteiger partial charge in [0.2, 0.25) is 11.6 Å². The topological polar surface area (TPSA) is 85.6 Å². The lowest BCUT2D eigenvalue weighted by Gasteiger charge is -2.10. The van der Waals surface area contributed by atoms with Crippen molar-refractivity contribution < 1.29 is 23.1 Å². The average molecular weight is 414 g/mol. The summed E-state index contributed by atoms with van der Waals surface area (Å²) >= 11 is 0. The molecule has 2 aromatic heterocycles. The average Bonchev–Trinajstić information content (AvgIpc) is 3.23. The van der Waals surface area contributed by atoms with Gasteiger partial charge < -0.3 is 10.1 Å². The van der Waals surface area contributed by atoms with Gasteiger partial charge in [0.05, 0.1) is 17.0 Å². The van der Waals surface area contributed by atoms with E-state index in [0.717, 1.165) is 12.1 Å². The fourth-order valence-electron chi connectivity index (χ4n) is 3.65. The summed E-state index contributed by atoms with van der Waals surface area (Å²) in [5.41, 5.74) is 1.40. The number of aromatic nitrogens is 3. The molecular weight excluding hydrogens is 394 g/mol. The third kappa shape index (κ3) is 3.62. The Balaban J connectivity index is 1.66. The van der Waals surface area contributed by atoms with Gasteiger partial charge in [0.25, 0.3) is 5.88 Å². The number of amides is 1. The van der Waals surface area contributed by atoms with Gasteiger partial charge >= 0.3 is 0 Å². The molecule has 3 heterocycles. The van der Waals surface area contributed by atoms with Crippen molar-refractivity contribution in [3.63, 3.8) is 0 Å². The van der Waals surface area contributed by atoms with Crippen LogP contribution in [-0.4, -0.2) is 32.6 Å². The van der Waals surface area contributed by atoms with Crippen molar-refractivity contribution in [1.29, 1.82) is 0 Å². The number of ketones is 1. The van der Waals surface area contributed by atoms with Crippen LogP contribution in [0.1, 0.15) is 40.3 Å². The summed E-state index contributed by atoms with van der Waals surface area (Å²) in [6, 6.07) is 3.57. The van der Waals surface area contributed by atoms with Crippen LogP contribution in [0.4, 0.5) is 8.78 Å². The summed E-state index contributed by atoms with van der Waals surface area (Å²) < 4.78 is 35.0. The Bertz CT molecular complexity index is 1140. The Kier molecular flexibility index (Phi) is 5.19. The highest BCUT2D eigenvalue weighted by Gasteiger charge is 2.29. The van der Waals surface area contributed by atoms with Crippen LogP contribution in [0.5, 0.6) is 5.88 Å². The van der Waals surface area contributed by atoms with Crippen LogP contribution in [0.15, 0.2) is 24.4 Å². The zero-order valence-corrected chi connectivity index (χ0v) is 16.5. The lowest BCUT2D eigenvalue weighted by atomic mass is 9.99. The molecule has 1 aromatic carbocycles. The predicted octanol–water partition coefficient (Wildman–Crippen LogP) is 2.91. The first-order chi connectivity index (χ1) is 14.3. The fraction of sp³-hybridized carbons (Fsp3) is 0.333. The van der Waals surface area contributed by atoms with Crippen LogP contribution in [0, 0.1) is 31.4 Å². The number of benzene rings is 1. The molecule has 1 saturated heterocycles. The first kappa shape index (κ1) is 19.9. The minimum Gasteiger partial charge on any atom is -0.470 e. The van der Waals surface area contributed by atoms with E-state index in [1.54, 1.807) is 24.4 Å². The van der Waals surface area contributed by atoms with Gasteiger partial charge in [-0.3, -0.25) is 14.0 Å². The van der Waals surface area contributed by atoms with Crippen LogP contribution in [-0.2, 0) is 11.4 Å². The van der Waals surface area contributed by atoms with Crippen molar-refractivity contribution in [2.75, 3.05) is 6.54 Å². The second-order valence-corrected chi connectivity index (χ2v) is 7.32. The number of hydrogen-bond donors (Lipinski definition) is 1. The zero-order valence-electron chi connectivity index (χ0n) is 16.5. The number of rotatable bonds is 6. The fourth-order valence-corrected chi connectivity index (χ4v) is 3.65. The summed E-state index contributed by atoms with van der Waals surface area (Å²) in [5.74, 6) is -2.06. The molecule has 0 radical (unpaired) electrons. The van der Waals surface area contributed by atoms with Gasteiger partial charge in [-0.15, -0.1) is 0 Å². The quantitative estimate of drug-likeness (QED) is 0.627. The lowest BCUT2D eigenvalue weighted by Crippen LogP contribution is -2.21. The molecule has 0 saturated carbocycles. The van der Waals surface area contributed by atoms with Gasteiger partial charge in [-0.05, 0) is 32.4 Å². The van der Waals surface area contributed by atoms with Crippen molar-refractivity contribution in [2.45, 2.75) is 33.3 Å². The van der Waals surface area contributed by atoms with E-state index in [4.69, 9.17) is 4.74 Å². The van der Waals surface area contributed by atoms with Crippen molar-refractivity contribution >= 4 is 17.3 Å². The highest BCUT2D eigenvalue weighted by Crippen LogP contribution is 2.25. The molecule has 9 heteroatoms.